The number of hydrogen-bond donors (Lipinski definition) is 0. The number of ether oxygens (including phenoxy) is 7. The zero-order valence-electron chi connectivity index (χ0n) is 37.7. The van der Waals surface area contributed by atoms with E-state index in [2.05, 4.69) is 9.97 Å². The van der Waals surface area contributed by atoms with E-state index in [9.17, 15) is 18.0 Å². The Labute approximate surface area is 375 Å². The van der Waals surface area contributed by atoms with Crippen LogP contribution in [0.25, 0.3) is 33.3 Å². The number of hydrogen-bond acceptors (Lipinski definition) is 14. The molecule has 2 aromatic carbocycles. The molecule has 5 aromatic rings. The maximum Gasteiger partial charge on any atom is 0.419 e. The van der Waals surface area contributed by atoms with E-state index in [1.54, 1.807) is 62.1 Å². The van der Waals surface area contributed by atoms with Crippen molar-refractivity contribution in [1.29, 1.82) is 0 Å². The summed E-state index contributed by atoms with van der Waals surface area (Å²) in [6.07, 6.45) is 4.02. The molecule has 0 saturated heterocycles. The lowest BCUT2D eigenvalue weighted by Crippen LogP contribution is -2.39. The number of pyridine rings is 2. The maximum atomic E-state index is 13.3. The van der Waals surface area contributed by atoms with Crippen molar-refractivity contribution in [1.82, 2.24) is 14.5 Å². The first-order chi connectivity index (χ1) is 30.5. The Balaban J connectivity index is 0.994. The molecule has 346 valence electrons. The van der Waals surface area contributed by atoms with E-state index < -0.39 is 33.5 Å². The normalized spacial score (nSPS) is 12.1. The topological polar surface area (TPSA) is 176 Å². The number of amides is 1. The highest BCUT2D eigenvalue weighted by Gasteiger charge is 2.25. The summed E-state index contributed by atoms with van der Waals surface area (Å²) in [5.74, 6) is 0.412. The van der Waals surface area contributed by atoms with Gasteiger partial charge in [0.15, 0.2) is 0 Å². The van der Waals surface area contributed by atoms with E-state index in [0.29, 0.717) is 69.9 Å². The second-order valence-electron chi connectivity index (χ2n) is 16.5. The molecule has 0 bridgehead atoms. The monoisotopic (exact) mass is 904 g/mol. The molecule has 64 heavy (non-hydrogen) atoms. The standard InChI is InChI=1S/C47H60N4O12S/c1-35-8-15-40(16-9-35)64(54,55)61-31-30-60-29-28-59-27-26-58-25-24-57-23-22-56-21-20-50(44(52)62-46(2,3)4)43-17-14-39(33-49-43)36-10-12-37(13-11-36)41-32-38-18-19-48-34-42(38)51(41)45(53)63-47(5,6)7/h8-19,32-34H,20-31H2,1-7H3. The van der Waals surface area contributed by atoms with Gasteiger partial charge in [-0.2, -0.15) is 8.42 Å². The molecule has 0 atom stereocenters. The molecule has 0 radical (unpaired) electrons. The van der Waals surface area contributed by atoms with Gasteiger partial charge in [-0.15, -0.1) is 0 Å². The van der Waals surface area contributed by atoms with Crippen LogP contribution in [0.1, 0.15) is 47.1 Å². The third-order valence-electron chi connectivity index (χ3n) is 9.06. The van der Waals surface area contributed by atoms with Crippen LogP contribution in [0.15, 0.2) is 96.3 Å². The van der Waals surface area contributed by atoms with Crippen LogP contribution in [0.5, 0.6) is 0 Å². The second-order valence-corrected chi connectivity index (χ2v) is 18.2. The summed E-state index contributed by atoms with van der Waals surface area (Å²) >= 11 is 0. The Morgan fingerprint density at radius 2 is 1.16 bits per heavy atom. The number of rotatable bonds is 23. The third-order valence-corrected chi connectivity index (χ3v) is 10.4. The van der Waals surface area contributed by atoms with Gasteiger partial charge in [-0.1, -0.05) is 42.0 Å². The fourth-order valence-electron chi connectivity index (χ4n) is 6.04. The zero-order valence-corrected chi connectivity index (χ0v) is 38.6. The molecule has 16 nitrogen and oxygen atoms in total. The molecule has 3 aromatic heterocycles. The van der Waals surface area contributed by atoms with E-state index in [0.717, 1.165) is 27.6 Å². The van der Waals surface area contributed by atoms with E-state index in [1.165, 1.54) is 17.0 Å². The predicted molar refractivity (Wildman–Crippen MR) is 242 cm³/mol. The molecule has 0 saturated carbocycles. The Morgan fingerprint density at radius 3 is 1.70 bits per heavy atom. The van der Waals surface area contributed by atoms with Gasteiger partial charge >= 0.3 is 12.2 Å². The summed E-state index contributed by atoms with van der Waals surface area (Å²) in [5, 5.41) is 0.868. The van der Waals surface area contributed by atoms with Crippen LogP contribution in [0.3, 0.4) is 0 Å². The average molecular weight is 905 g/mol. The van der Waals surface area contributed by atoms with Crippen molar-refractivity contribution in [2.24, 2.45) is 0 Å². The molecule has 1 amide bonds. The van der Waals surface area contributed by atoms with Crippen molar-refractivity contribution in [2.75, 3.05) is 84.1 Å². The first-order valence-electron chi connectivity index (χ1n) is 21.1. The van der Waals surface area contributed by atoms with Gasteiger partial charge in [-0.25, -0.2) is 19.1 Å². The molecule has 0 N–H and O–H groups in total. The van der Waals surface area contributed by atoms with E-state index in [4.69, 9.17) is 37.3 Å². The van der Waals surface area contributed by atoms with Crippen molar-refractivity contribution in [3.8, 4) is 22.4 Å². The van der Waals surface area contributed by atoms with Gasteiger partial charge in [0.05, 0.1) is 102 Å². The lowest BCUT2D eigenvalue weighted by atomic mass is 10.0. The minimum absolute atomic E-state index is 0.0874. The Morgan fingerprint density at radius 1 is 0.625 bits per heavy atom. The fraction of sp³-hybridized carbons (Fsp3) is 0.447. The predicted octanol–water partition coefficient (Wildman–Crippen LogP) is 8.09. The van der Waals surface area contributed by atoms with E-state index in [1.807, 2.05) is 70.2 Å². The molecule has 3 heterocycles. The van der Waals surface area contributed by atoms with E-state index >= 15 is 0 Å². The summed E-state index contributed by atoms with van der Waals surface area (Å²) in [6.45, 7) is 16.0. The summed E-state index contributed by atoms with van der Waals surface area (Å²) in [5.41, 5.74) is 3.46. The molecular formula is C47H60N4O12S. The minimum Gasteiger partial charge on any atom is -0.443 e. The maximum absolute atomic E-state index is 13.3. The van der Waals surface area contributed by atoms with Gasteiger partial charge < -0.3 is 33.2 Å². The molecule has 0 aliphatic carbocycles. The number of carbonyl (C=O) groups is 2. The number of aryl methyl sites for hydroxylation is 1. The Bertz CT molecular complexity index is 2340. The lowest BCUT2D eigenvalue weighted by Gasteiger charge is -2.27. The van der Waals surface area contributed by atoms with Crippen LogP contribution in [0.2, 0.25) is 0 Å². The van der Waals surface area contributed by atoms with Crippen molar-refractivity contribution >= 4 is 39.0 Å². The Kier molecular flexibility index (Phi) is 18.3. The third kappa shape index (κ3) is 15.8. The number of anilines is 1. The van der Waals surface area contributed by atoms with Gasteiger partial charge in [-0.05, 0) is 96.0 Å². The number of aromatic nitrogens is 3. The molecule has 0 spiro atoms. The fourth-order valence-corrected chi connectivity index (χ4v) is 6.94. The molecule has 0 unspecified atom stereocenters. The summed E-state index contributed by atoms with van der Waals surface area (Å²) in [7, 11) is -3.81. The molecule has 5 rings (SSSR count). The van der Waals surface area contributed by atoms with Crippen LogP contribution in [-0.2, 0) is 47.5 Å². The minimum atomic E-state index is -3.81. The molecule has 0 aliphatic heterocycles. The van der Waals surface area contributed by atoms with Crippen LogP contribution < -0.4 is 4.90 Å². The number of carbonyl (C=O) groups excluding carboxylic acids is 2. The van der Waals surface area contributed by atoms with Gasteiger partial charge in [0.25, 0.3) is 10.1 Å². The molecule has 0 fully saturated rings. The number of fused-ring (bicyclic) bond motifs is 1. The lowest BCUT2D eigenvalue weighted by molar-refractivity contribution is -0.0122. The zero-order chi connectivity index (χ0) is 46.2. The highest BCUT2D eigenvalue weighted by molar-refractivity contribution is 7.86. The van der Waals surface area contributed by atoms with Crippen LogP contribution in [0.4, 0.5) is 15.4 Å². The molecule has 17 heteroatoms. The quantitative estimate of drug-likeness (QED) is 0.0454. The summed E-state index contributed by atoms with van der Waals surface area (Å²) < 4.78 is 70.1. The Hall–Kier alpha value is -5.27. The van der Waals surface area contributed by atoms with Crippen molar-refractivity contribution < 1.29 is 55.3 Å². The first-order valence-corrected chi connectivity index (χ1v) is 22.5. The van der Waals surface area contributed by atoms with Crippen LogP contribution in [-0.4, -0.2) is 126 Å². The summed E-state index contributed by atoms with van der Waals surface area (Å²) in [6, 6.07) is 21.7. The number of nitrogens with zero attached hydrogens (tertiary/aromatic N) is 4. The second kappa shape index (κ2) is 23.6. The van der Waals surface area contributed by atoms with Gasteiger partial charge in [0.2, 0.25) is 0 Å². The molecular weight excluding hydrogens is 845 g/mol. The number of benzene rings is 2. The first kappa shape index (κ1) is 49.7. The van der Waals surface area contributed by atoms with Crippen LogP contribution in [0, 0.1) is 6.92 Å². The van der Waals surface area contributed by atoms with Crippen molar-refractivity contribution in [3.05, 3.63) is 97.0 Å². The highest BCUT2D eigenvalue weighted by Crippen LogP contribution is 2.31. The van der Waals surface area contributed by atoms with Gasteiger partial charge in [-0.3, -0.25) is 14.1 Å². The van der Waals surface area contributed by atoms with Crippen molar-refractivity contribution in [3.63, 3.8) is 0 Å². The van der Waals surface area contributed by atoms with Crippen molar-refractivity contribution in [2.45, 2.75) is 64.6 Å². The highest BCUT2D eigenvalue weighted by atomic mass is 32.2. The SMILES string of the molecule is Cc1ccc(S(=O)(=O)OCCOCCOCCOCCOCCOCCN(C(=O)OC(C)(C)C)c2ccc(-c3ccc(-c4cc5ccncc5n4C(=O)OC(C)(C)C)cc3)cn2)cc1. The smallest absolute Gasteiger partial charge is 0.419 e. The largest absolute Gasteiger partial charge is 0.443 e. The van der Waals surface area contributed by atoms with Crippen LogP contribution >= 0.6 is 0 Å². The van der Waals surface area contributed by atoms with E-state index in [-0.39, 0.29) is 31.3 Å². The van der Waals surface area contributed by atoms with Gasteiger partial charge in [0, 0.05) is 23.3 Å². The molecule has 0 aliphatic rings. The summed E-state index contributed by atoms with van der Waals surface area (Å²) in [4.78, 5) is 37.0. The van der Waals surface area contributed by atoms with Gasteiger partial charge in [0.1, 0.15) is 17.0 Å². The average Bonchev–Trinajstić information content (AvgIpc) is 3.64.